The van der Waals surface area contributed by atoms with Gasteiger partial charge in [0.05, 0.1) is 17.1 Å². The largest absolute Gasteiger partial charge is 0.307 e. The highest BCUT2D eigenvalue weighted by molar-refractivity contribution is 5.77. The number of halogens is 5. The van der Waals surface area contributed by atoms with E-state index in [2.05, 4.69) is 0 Å². The van der Waals surface area contributed by atoms with Crippen LogP contribution in [-0.2, 0) is 0 Å². The lowest BCUT2D eigenvalue weighted by Crippen LogP contribution is -2.14. The van der Waals surface area contributed by atoms with E-state index >= 15 is 0 Å². The van der Waals surface area contributed by atoms with Gasteiger partial charge < -0.3 is 4.90 Å². The van der Waals surface area contributed by atoms with E-state index in [9.17, 15) is 22.0 Å². The van der Waals surface area contributed by atoms with Gasteiger partial charge in [0.2, 0.25) is 0 Å². The topological polar surface area (TPSA) is 3.24 Å². The molecule has 0 saturated carbocycles. The lowest BCUT2D eigenvalue weighted by Gasteiger charge is -2.26. The van der Waals surface area contributed by atoms with Crippen molar-refractivity contribution in [3.8, 4) is 0 Å². The number of anilines is 3. The Morgan fingerprint density at radius 3 is 1.33 bits per heavy atom. The van der Waals surface area contributed by atoms with Gasteiger partial charge in [-0.3, -0.25) is 0 Å². The summed E-state index contributed by atoms with van der Waals surface area (Å²) in [6, 6.07) is 8.18. The van der Waals surface area contributed by atoms with Gasteiger partial charge in [-0.2, -0.15) is 0 Å². The van der Waals surface area contributed by atoms with E-state index in [1.165, 1.54) is 26.0 Å². The Morgan fingerprint density at radius 2 is 0.963 bits per heavy atom. The van der Waals surface area contributed by atoms with Crippen LogP contribution in [0.2, 0.25) is 0 Å². The minimum Gasteiger partial charge on any atom is -0.307 e. The third kappa shape index (κ3) is 3.52. The molecule has 0 fully saturated rings. The van der Waals surface area contributed by atoms with Crippen LogP contribution in [0.1, 0.15) is 16.7 Å². The predicted molar refractivity (Wildman–Crippen MR) is 95.1 cm³/mol. The quantitative estimate of drug-likeness (QED) is 0.455. The Hall–Kier alpha value is -2.89. The molecule has 3 aromatic carbocycles. The molecular formula is C21H16F5N. The fraction of sp³-hybridized carbons (Fsp3) is 0.143. The van der Waals surface area contributed by atoms with Gasteiger partial charge in [-0.1, -0.05) is 6.07 Å². The molecule has 1 nitrogen and oxygen atoms in total. The smallest absolute Gasteiger partial charge is 0.147 e. The van der Waals surface area contributed by atoms with Crippen molar-refractivity contribution >= 4 is 17.1 Å². The second kappa shape index (κ2) is 7.02. The molecule has 0 heterocycles. The average Bonchev–Trinajstić information content (AvgIpc) is 2.59. The average molecular weight is 377 g/mol. The van der Waals surface area contributed by atoms with Crippen molar-refractivity contribution in [3.05, 3.63) is 88.2 Å². The second-order valence-electron chi connectivity index (χ2n) is 6.36. The summed E-state index contributed by atoms with van der Waals surface area (Å²) in [6.45, 7) is 4.19. The zero-order valence-electron chi connectivity index (χ0n) is 14.9. The van der Waals surface area contributed by atoms with Gasteiger partial charge >= 0.3 is 0 Å². The molecule has 0 aliphatic carbocycles. The first-order chi connectivity index (χ1) is 12.7. The molecule has 0 aliphatic heterocycles. The first-order valence-electron chi connectivity index (χ1n) is 8.16. The van der Waals surface area contributed by atoms with Crippen molar-refractivity contribution in [1.29, 1.82) is 0 Å². The van der Waals surface area contributed by atoms with Crippen LogP contribution in [0.15, 0.2) is 42.5 Å². The number of rotatable bonds is 3. The molecule has 140 valence electrons. The SMILES string of the molecule is Cc1ccc(N(c2cc(F)c(C)c(F)c2)c2cc(F)c(C)c(F)c2)c(F)c1. The third-order valence-electron chi connectivity index (χ3n) is 4.39. The number of nitrogens with zero attached hydrogens (tertiary/aromatic N) is 1. The summed E-state index contributed by atoms with van der Waals surface area (Å²) in [5.74, 6) is -4.10. The number of benzene rings is 3. The molecule has 0 aromatic heterocycles. The van der Waals surface area contributed by atoms with E-state index in [0.717, 1.165) is 29.2 Å². The highest BCUT2D eigenvalue weighted by Gasteiger charge is 2.21. The molecule has 0 amide bonds. The first-order valence-corrected chi connectivity index (χ1v) is 8.16. The summed E-state index contributed by atoms with van der Waals surface area (Å²) in [5.41, 5.74) is -0.0691. The van der Waals surface area contributed by atoms with Crippen LogP contribution >= 0.6 is 0 Å². The van der Waals surface area contributed by atoms with Gasteiger partial charge in [0, 0.05) is 11.1 Å². The lowest BCUT2D eigenvalue weighted by molar-refractivity contribution is 0.566. The van der Waals surface area contributed by atoms with E-state index in [1.807, 2.05) is 0 Å². The van der Waals surface area contributed by atoms with Gasteiger partial charge in [0.15, 0.2) is 0 Å². The van der Waals surface area contributed by atoms with Crippen molar-refractivity contribution < 1.29 is 22.0 Å². The van der Waals surface area contributed by atoms with Crippen molar-refractivity contribution in [1.82, 2.24) is 0 Å². The lowest BCUT2D eigenvalue weighted by atomic mass is 10.1. The van der Waals surface area contributed by atoms with Crippen molar-refractivity contribution in [2.45, 2.75) is 20.8 Å². The molecule has 27 heavy (non-hydrogen) atoms. The number of aryl methyl sites for hydroxylation is 1. The highest BCUT2D eigenvalue weighted by Crippen LogP contribution is 2.38. The molecule has 0 radical (unpaired) electrons. The van der Waals surface area contributed by atoms with Crippen LogP contribution in [0.4, 0.5) is 39.0 Å². The summed E-state index contributed by atoms with van der Waals surface area (Å²) >= 11 is 0. The summed E-state index contributed by atoms with van der Waals surface area (Å²) in [5, 5.41) is 0. The summed E-state index contributed by atoms with van der Waals surface area (Å²) in [7, 11) is 0. The zero-order chi connectivity index (χ0) is 19.9. The number of hydrogen-bond donors (Lipinski definition) is 0. The Morgan fingerprint density at radius 1 is 0.556 bits per heavy atom. The fourth-order valence-corrected chi connectivity index (χ4v) is 2.74. The highest BCUT2D eigenvalue weighted by atomic mass is 19.1. The molecule has 0 unspecified atom stereocenters. The van der Waals surface area contributed by atoms with Crippen LogP contribution in [-0.4, -0.2) is 0 Å². The molecule has 0 bridgehead atoms. The molecule has 0 aliphatic rings. The maximum absolute atomic E-state index is 14.6. The van der Waals surface area contributed by atoms with E-state index in [0.29, 0.717) is 5.56 Å². The van der Waals surface area contributed by atoms with Gasteiger partial charge in [-0.05, 0) is 62.7 Å². The normalized spacial score (nSPS) is 11.0. The van der Waals surface area contributed by atoms with E-state index in [1.54, 1.807) is 13.0 Å². The Balaban J connectivity index is 2.30. The Kier molecular flexibility index (Phi) is 4.91. The molecule has 6 heteroatoms. The maximum Gasteiger partial charge on any atom is 0.147 e. The summed E-state index contributed by atoms with van der Waals surface area (Å²) in [6.07, 6.45) is 0. The van der Waals surface area contributed by atoms with Crippen LogP contribution in [0, 0.1) is 49.9 Å². The van der Waals surface area contributed by atoms with Gasteiger partial charge in [-0.15, -0.1) is 0 Å². The summed E-state index contributed by atoms with van der Waals surface area (Å²) < 4.78 is 71.1. The van der Waals surface area contributed by atoms with E-state index in [-0.39, 0.29) is 28.2 Å². The Bertz CT molecular complexity index is 926. The van der Waals surface area contributed by atoms with Crippen LogP contribution in [0.3, 0.4) is 0 Å². The van der Waals surface area contributed by atoms with Gasteiger partial charge in [0.25, 0.3) is 0 Å². The number of hydrogen-bond acceptors (Lipinski definition) is 1. The van der Waals surface area contributed by atoms with Crippen LogP contribution in [0.25, 0.3) is 0 Å². The second-order valence-corrected chi connectivity index (χ2v) is 6.36. The minimum absolute atomic E-state index is 0.0918. The third-order valence-corrected chi connectivity index (χ3v) is 4.39. The van der Waals surface area contributed by atoms with Gasteiger partial charge in [0.1, 0.15) is 29.1 Å². The molecule has 0 saturated heterocycles. The van der Waals surface area contributed by atoms with Crippen molar-refractivity contribution in [2.24, 2.45) is 0 Å². The summed E-state index contributed by atoms with van der Waals surface area (Å²) in [4.78, 5) is 1.08. The molecule has 3 aromatic rings. The molecule has 0 N–H and O–H groups in total. The Labute approximate surface area is 153 Å². The monoisotopic (exact) mass is 377 g/mol. The molecular weight excluding hydrogens is 361 g/mol. The van der Waals surface area contributed by atoms with Gasteiger partial charge in [-0.25, -0.2) is 22.0 Å². The van der Waals surface area contributed by atoms with E-state index in [4.69, 9.17) is 0 Å². The fourth-order valence-electron chi connectivity index (χ4n) is 2.74. The predicted octanol–water partition coefficient (Wildman–Crippen LogP) is 6.78. The molecule has 0 spiro atoms. The van der Waals surface area contributed by atoms with E-state index < -0.39 is 29.1 Å². The van der Waals surface area contributed by atoms with Crippen molar-refractivity contribution in [3.63, 3.8) is 0 Å². The van der Waals surface area contributed by atoms with Crippen molar-refractivity contribution in [2.75, 3.05) is 4.90 Å². The maximum atomic E-state index is 14.6. The van der Waals surface area contributed by atoms with Crippen LogP contribution in [0.5, 0.6) is 0 Å². The minimum atomic E-state index is -0.851. The molecule has 3 rings (SSSR count). The standard InChI is InChI=1S/C21H16F5N/c1-11-4-5-21(20(26)6-11)27(14-7-16(22)12(2)17(23)8-14)15-9-18(24)13(3)19(25)10-15/h4-10H,1-3H3. The van der Waals surface area contributed by atoms with Crippen LogP contribution < -0.4 is 4.90 Å². The zero-order valence-corrected chi connectivity index (χ0v) is 14.9. The molecule has 0 atom stereocenters. The first kappa shape index (κ1) is 18.9.